The second-order valence-electron chi connectivity index (χ2n) is 7.66. The zero-order valence-electron chi connectivity index (χ0n) is 19.9. The van der Waals surface area contributed by atoms with E-state index in [1.165, 1.54) is 14.2 Å². The van der Waals surface area contributed by atoms with Gasteiger partial charge in [-0.3, -0.25) is 14.5 Å². The molecular weight excluding hydrogens is 518 g/mol. The Morgan fingerprint density at radius 3 is 2.30 bits per heavy atom. The zero-order valence-corrected chi connectivity index (χ0v) is 21.5. The number of halogens is 1. The monoisotopic (exact) mass is 539 g/mol. The third-order valence-corrected chi connectivity index (χ3v) is 6.44. The van der Waals surface area contributed by atoms with Crippen molar-refractivity contribution < 1.29 is 33.3 Å². The highest BCUT2D eigenvalue weighted by Crippen LogP contribution is 2.35. The summed E-state index contributed by atoms with van der Waals surface area (Å²) in [5.41, 5.74) is 0.949. The quantitative estimate of drug-likeness (QED) is 0.194. The molecule has 0 aliphatic carbocycles. The Labute approximate surface area is 222 Å². The van der Waals surface area contributed by atoms with Crippen molar-refractivity contribution in [3.63, 3.8) is 0 Å². The molecule has 0 saturated carbocycles. The first-order valence-electron chi connectivity index (χ1n) is 11.1. The fourth-order valence-electron chi connectivity index (χ4n) is 3.37. The van der Waals surface area contributed by atoms with Crippen LogP contribution in [0.25, 0.3) is 6.08 Å². The van der Waals surface area contributed by atoms with Crippen LogP contribution in [0.1, 0.15) is 15.9 Å². The van der Waals surface area contributed by atoms with Crippen LogP contribution >= 0.6 is 23.4 Å². The van der Waals surface area contributed by atoms with Crippen molar-refractivity contribution in [3.05, 3.63) is 87.8 Å². The summed E-state index contributed by atoms with van der Waals surface area (Å²) in [6.45, 7) is 0.253. The number of benzene rings is 3. The number of imide groups is 1. The van der Waals surface area contributed by atoms with E-state index in [1.807, 2.05) is 0 Å². The van der Waals surface area contributed by atoms with Gasteiger partial charge in [-0.25, -0.2) is 4.79 Å². The standard InChI is InChI=1S/C27H22ClNO7S/c1-33-20-8-4-18(5-9-20)26(31)36-22-12-3-17(15-23(22)34-2)16-24-25(30)29(27(32)37-24)13-14-35-21-10-6-19(28)7-11-21/h3-12,15-16H,13-14H2,1-2H3/b24-16-. The second-order valence-corrected chi connectivity index (χ2v) is 9.09. The number of amides is 2. The molecule has 0 aromatic heterocycles. The van der Waals surface area contributed by atoms with E-state index in [0.717, 1.165) is 16.7 Å². The number of ether oxygens (including phenoxy) is 4. The van der Waals surface area contributed by atoms with Crippen molar-refractivity contribution in [1.82, 2.24) is 4.90 Å². The SMILES string of the molecule is COc1ccc(C(=O)Oc2ccc(/C=C3\SC(=O)N(CCOc4ccc(Cl)cc4)C3=O)cc2OC)cc1. The fourth-order valence-corrected chi connectivity index (χ4v) is 4.36. The van der Waals surface area contributed by atoms with Crippen molar-refractivity contribution in [2.45, 2.75) is 0 Å². The Morgan fingerprint density at radius 2 is 1.62 bits per heavy atom. The number of nitrogens with zero attached hydrogens (tertiary/aromatic N) is 1. The van der Waals surface area contributed by atoms with Crippen LogP contribution in [0.2, 0.25) is 5.02 Å². The van der Waals surface area contributed by atoms with E-state index < -0.39 is 11.9 Å². The Kier molecular flexibility index (Phi) is 8.37. The Balaban J connectivity index is 1.41. The van der Waals surface area contributed by atoms with E-state index >= 15 is 0 Å². The summed E-state index contributed by atoms with van der Waals surface area (Å²) in [5.74, 6) is 0.752. The first kappa shape index (κ1) is 26.1. The van der Waals surface area contributed by atoms with Crippen LogP contribution in [0.5, 0.6) is 23.0 Å². The van der Waals surface area contributed by atoms with E-state index in [9.17, 15) is 14.4 Å². The molecule has 3 aromatic carbocycles. The van der Waals surface area contributed by atoms with Crippen molar-refractivity contribution in [2.75, 3.05) is 27.4 Å². The normalized spacial score (nSPS) is 14.1. The summed E-state index contributed by atoms with van der Waals surface area (Å²) in [6, 6.07) is 18.2. The fraction of sp³-hybridized carbons (Fsp3) is 0.148. The van der Waals surface area contributed by atoms with E-state index in [0.29, 0.717) is 33.4 Å². The number of esters is 1. The second kappa shape index (κ2) is 11.9. The highest BCUT2D eigenvalue weighted by atomic mass is 35.5. The van der Waals surface area contributed by atoms with E-state index in [1.54, 1.807) is 72.8 Å². The lowest BCUT2D eigenvalue weighted by atomic mass is 10.1. The Morgan fingerprint density at radius 1 is 0.919 bits per heavy atom. The molecule has 0 unspecified atom stereocenters. The van der Waals surface area contributed by atoms with Crippen LogP contribution in [0.3, 0.4) is 0 Å². The largest absolute Gasteiger partial charge is 0.497 e. The van der Waals surface area contributed by atoms with E-state index in [-0.39, 0.29) is 29.0 Å². The summed E-state index contributed by atoms with van der Waals surface area (Å²) in [5, 5.41) is 0.205. The highest BCUT2D eigenvalue weighted by Gasteiger charge is 2.34. The van der Waals surface area contributed by atoms with Gasteiger partial charge in [0.15, 0.2) is 11.5 Å². The number of hydrogen-bond acceptors (Lipinski definition) is 8. The molecule has 0 N–H and O–H groups in total. The lowest BCUT2D eigenvalue weighted by Crippen LogP contribution is -2.32. The van der Waals surface area contributed by atoms with Gasteiger partial charge in [-0.1, -0.05) is 17.7 Å². The smallest absolute Gasteiger partial charge is 0.343 e. The van der Waals surface area contributed by atoms with Gasteiger partial charge in [-0.2, -0.15) is 0 Å². The average molecular weight is 540 g/mol. The third kappa shape index (κ3) is 6.44. The van der Waals surface area contributed by atoms with Crippen molar-refractivity contribution in [2.24, 2.45) is 0 Å². The maximum Gasteiger partial charge on any atom is 0.343 e. The lowest BCUT2D eigenvalue weighted by molar-refractivity contribution is -0.123. The molecule has 1 fully saturated rings. The molecule has 8 nitrogen and oxygen atoms in total. The van der Waals surface area contributed by atoms with Gasteiger partial charge in [-0.15, -0.1) is 0 Å². The summed E-state index contributed by atoms with van der Waals surface area (Å²) < 4.78 is 21.5. The molecule has 0 radical (unpaired) electrons. The van der Waals surface area contributed by atoms with Crippen molar-refractivity contribution >= 4 is 46.6 Å². The minimum Gasteiger partial charge on any atom is -0.497 e. The number of methoxy groups -OCH3 is 2. The topological polar surface area (TPSA) is 91.4 Å². The van der Waals surface area contributed by atoms with Crippen LogP contribution in [0, 0.1) is 0 Å². The zero-order chi connectivity index (χ0) is 26.4. The molecule has 3 aromatic rings. The van der Waals surface area contributed by atoms with Gasteiger partial charge in [0, 0.05) is 5.02 Å². The molecule has 4 rings (SSSR count). The molecule has 0 atom stereocenters. The summed E-state index contributed by atoms with van der Waals surface area (Å²) in [6.07, 6.45) is 1.59. The number of carbonyl (C=O) groups is 3. The van der Waals surface area contributed by atoms with Gasteiger partial charge in [0.25, 0.3) is 11.1 Å². The number of thioether (sulfide) groups is 1. The summed E-state index contributed by atoms with van der Waals surface area (Å²) in [7, 11) is 2.98. The van der Waals surface area contributed by atoms with Crippen LogP contribution in [-0.4, -0.2) is 49.4 Å². The molecule has 10 heteroatoms. The minimum atomic E-state index is -0.560. The maximum absolute atomic E-state index is 12.8. The van der Waals surface area contributed by atoms with Gasteiger partial charge < -0.3 is 18.9 Å². The molecule has 1 aliphatic heterocycles. The van der Waals surface area contributed by atoms with E-state index in [2.05, 4.69) is 0 Å². The third-order valence-electron chi connectivity index (χ3n) is 5.28. The van der Waals surface area contributed by atoms with Gasteiger partial charge in [0.2, 0.25) is 0 Å². The Hall–Kier alpha value is -3.95. The van der Waals surface area contributed by atoms with Gasteiger partial charge in [0.1, 0.15) is 18.1 Å². The minimum absolute atomic E-state index is 0.105. The van der Waals surface area contributed by atoms with Crippen LogP contribution in [0.4, 0.5) is 4.79 Å². The van der Waals surface area contributed by atoms with Crippen molar-refractivity contribution in [1.29, 1.82) is 0 Å². The van der Waals surface area contributed by atoms with Gasteiger partial charge >= 0.3 is 5.97 Å². The molecule has 1 aliphatic rings. The summed E-state index contributed by atoms with van der Waals surface area (Å²) in [4.78, 5) is 39.1. The molecule has 2 amide bonds. The molecule has 0 spiro atoms. The first-order valence-corrected chi connectivity index (χ1v) is 12.3. The van der Waals surface area contributed by atoms with Crippen LogP contribution in [0.15, 0.2) is 71.6 Å². The molecule has 1 heterocycles. The molecule has 190 valence electrons. The van der Waals surface area contributed by atoms with Crippen LogP contribution in [-0.2, 0) is 4.79 Å². The highest BCUT2D eigenvalue weighted by molar-refractivity contribution is 8.18. The average Bonchev–Trinajstić information content (AvgIpc) is 3.17. The predicted octanol–water partition coefficient (Wildman–Crippen LogP) is 5.69. The molecule has 1 saturated heterocycles. The lowest BCUT2D eigenvalue weighted by Gasteiger charge is -2.13. The number of rotatable bonds is 9. The van der Waals surface area contributed by atoms with E-state index in [4.69, 9.17) is 30.5 Å². The van der Waals surface area contributed by atoms with Gasteiger partial charge in [0.05, 0.1) is 31.2 Å². The number of hydrogen-bond donors (Lipinski definition) is 0. The Bertz CT molecular complexity index is 1340. The molecular formula is C27H22ClNO7S. The van der Waals surface area contributed by atoms with Crippen molar-refractivity contribution in [3.8, 4) is 23.0 Å². The summed E-state index contributed by atoms with van der Waals surface area (Å²) >= 11 is 6.70. The van der Waals surface area contributed by atoms with Gasteiger partial charge in [-0.05, 0) is 84.1 Å². The predicted molar refractivity (Wildman–Crippen MR) is 141 cm³/mol. The molecule has 37 heavy (non-hydrogen) atoms. The molecule has 0 bridgehead atoms. The number of carbonyl (C=O) groups excluding carboxylic acids is 3. The van der Waals surface area contributed by atoms with Crippen LogP contribution < -0.4 is 18.9 Å². The maximum atomic E-state index is 12.8. The first-order chi connectivity index (χ1) is 17.9.